The van der Waals surface area contributed by atoms with E-state index in [9.17, 15) is 14.7 Å². The molecular weight excluding hydrogens is 368 g/mol. The molecule has 1 amide bonds. The summed E-state index contributed by atoms with van der Waals surface area (Å²) in [7, 11) is 0. The van der Waals surface area contributed by atoms with E-state index >= 15 is 0 Å². The van der Waals surface area contributed by atoms with Crippen LogP contribution < -0.4 is 10.2 Å². The van der Waals surface area contributed by atoms with Crippen LogP contribution in [0.4, 0.5) is 11.5 Å². The maximum absolute atomic E-state index is 12.2. The lowest BCUT2D eigenvalue weighted by Gasteiger charge is -2.35. The number of benzene rings is 1. The summed E-state index contributed by atoms with van der Waals surface area (Å²) in [6, 6.07) is 7.00. The highest BCUT2D eigenvalue weighted by Gasteiger charge is 2.25. The molecule has 1 saturated heterocycles. The van der Waals surface area contributed by atoms with Crippen molar-refractivity contribution >= 4 is 34.3 Å². The molecule has 7 nitrogen and oxygen atoms in total. The topological polar surface area (TPSA) is 85.8 Å². The van der Waals surface area contributed by atoms with E-state index in [1.165, 1.54) is 0 Å². The van der Waals surface area contributed by atoms with Crippen LogP contribution in [-0.4, -0.2) is 59.6 Å². The number of hydrogen-bond acceptors (Lipinski definition) is 5. The van der Waals surface area contributed by atoms with Crippen molar-refractivity contribution in [3.8, 4) is 0 Å². The van der Waals surface area contributed by atoms with Crippen molar-refractivity contribution in [2.45, 2.75) is 32.6 Å². The number of carbonyl (C=O) groups excluding carboxylic acids is 1. The number of anilines is 2. The molecule has 0 atom stereocenters. The average Bonchev–Trinajstić information content (AvgIpc) is 2.66. The van der Waals surface area contributed by atoms with Gasteiger partial charge < -0.3 is 15.3 Å². The number of carbonyl (C=O) groups is 2. The molecule has 7 heteroatoms. The summed E-state index contributed by atoms with van der Waals surface area (Å²) >= 11 is 0. The lowest BCUT2D eigenvalue weighted by Crippen LogP contribution is -2.46. The molecule has 1 saturated carbocycles. The van der Waals surface area contributed by atoms with Gasteiger partial charge in [-0.3, -0.25) is 9.69 Å². The van der Waals surface area contributed by atoms with E-state index in [-0.39, 0.29) is 17.4 Å². The molecule has 0 bridgehead atoms. The number of piperazine rings is 1. The van der Waals surface area contributed by atoms with Gasteiger partial charge >= 0.3 is 5.97 Å². The minimum absolute atomic E-state index is 0.0157. The first-order chi connectivity index (χ1) is 14.0. The molecule has 154 valence electrons. The highest BCUT2D eigenvalue weighted by molar-refractivity contribution is 6.05. The summed E-state index contributed by atoms with van der Waals surface area (Å²) in [5.74, 6) is -0.179. The molecule has 4 rings (SSSR count). The Bertz CT molecular complexity index is 918. The third-order valence-electron chi connectivity index (χ3n) is 6.01. The normalized spacial score (nSPS) is 17.9. The van der Waals surface area contributed by atoms with Gasteiger partial charge in [-0.1, -0.05) is 13.3 Å². The number of aromatic carboxylic acids is 1. The van der Waals surface area contributed by atoms with E-state index < -0.39 is 5.97 Å². The van der Waals surface area contributed by atoms with Crippen LogP contribution in [0.1, 0.15) is 43.0 Å². The molecule has 1 aromatic carbocycles. The Labute approximate surface area is 170 Å². The molecule has 2 fully saturated rings. The molecule has 0 spiro atoms. The Morgan fingerprint density at radius 2 is 1.93 bits per heavy atom. The second-order valence-corrected chi connectivity index (χ2v) is 8.01. The third kappa shape index (κ3) is 4.19. The summed E-state index contributed by atoms with van der Waals surface area (Å²) in [6.07, 6.45) is 4.09. The van der Waals surface area contributed by atoms with E-state index in [2.05, 4.69) is 22.0 Å². The summed E-state index contributed by atoms with van der Waals surface area (Å²) in [5, 5.41) is 13.3. The highest BCUT2D eigenvalue weighted by atomic mass is 16.4. The quantitative estimate of drug-likeness (QED) is 0.780. The van der Waals surface area contributed by atoms with Gasteiger partial charge in [0.1, 0.15) is 5.82 Å². The van der Waals surface area contributed by atoms with Gasteiger partial charge in [-0.25, -0.2) is 9.78 Å². The van der Waals surface area contributed by atoms with Crippen molar-refractivity contribution in [1.82, 2.24) is 9.88 Å². The molecule has 0 radical (unpaired) electrons. The van der Waals surface area contributed by atoms with E-state index in [4.69, 9.17) is 4.98 Å². The zero-order valence-corrected chi connectivity index (χ0v) is 16.9. The van der Waals surface area contributed by atoms with Crippen LogP contribution in [0.25, 0.3) is 10.9 Å². The first-order valence-corrected chi connectivity index (χ1v) is 10.5. The zero-order valence-electron chi connectivity index (χ0n) is 16.9. The fourth-order valence-corrected chi connectivity index (χ4v) is 4.06. The van der Waals surface area contributed by atoms with Crippen LogP contribution in [0, 0.1) is 5.92 Å². The van der Waals surface area contributed by atoms with Crippen LogP contribution in [-0.2, 0) is 4.79 Å². The Balaban J connectivity index is 1.59. The minimum atomic E-state index is -0.981. The van der Waals surface area contributed by atoms with Crippen molar-refractivity contribution in [3.63, 3.8) is 0 Å². The van der Waals surface area contributed by atoms with E-state index in [0.29, 0.717) is 22.4 Å². The molecule has 2 aliphatic rings. The average molecular weight is 396 g/mol. The number of carboxylic acid groups (broad SMARTS) is 1. The van der Waals surface area contributed by atoms with Crippen molar-refractivity contribution in [2.75, 3.05) is 42.9 Å². The maximum Gasteiger partial charge on any atom is 0.336 e. The van der Waals surface area contributed by atoms with Gasteiger partial charge in [-0.15, -0.1) is 0 Å². The minimum Gasteiger partial charge on any atom is -0.478 e. The number of hydrogen-bond donors (Lipinski definition) is 2. The molecule has 29 heavy (non-hydrogen) atoms. The SMILES string of the molecule is CCCN1CCN(c2cc(C(=O)O)c3cc(NC(=O)C4CCC4)ccc3n2)CC1. The lowest BCUT2D eigenvalue weighted by molar-refractivity contribution is -0.122. The Hall–Kier alpha value is -2.67. The number of carboxylic acids is 1. The highest BCUT2D eigenvalue weighted by Crippen LogP contribution is 2.30. The molecule has 2 heterocycles. The summed E-state index contributed by atoms with van der Waals surface area (Å²) in [4.78, 5) is 33.5. The number of nitrogens with one attached hydrogen (secondary N) is 1. The van der Waals surface area contributed by atoms with Crippen LogP contribution in [0.15, 0.2) is 24.3 Å². The number of nitrogens with zero attached hydrogens (tertiary/aromatic N) is 3. The predicted octanol–water partition coefficient (Wildman–Crippen LogP) is 3.20. The second-order valence-electron chi connectivity index (χ2n) is 8.01. The first-order valence-electron chi connectivity index (χ1n) is 10.5. The van der Waals surface area contributed by atoms with E-state index in [1.807, 2.05) is 0 Å². The summed E-state index contributed by atoms with van der Waals surface area (Å²) in [5.41, 5.74) is 1.48. The molecule has 1 aliphatic heterocycles. The number of amides is 1. The lowest BCUT2D eigenvalue weighted by atomic mass is 9.85. The molecular formula is C22H28N4O3. The molecule has 1 aliphatic carbocycles. The smallest absolute Gasteiger partial charge is 0.336 e. The number of rotatable bonds is 6. The van der Waals surface area contributed by atoms with E-state index in [1.54, 1.807) is 24.3 Å². The molecule has 2 aromatic rings. The van der Waals surface area contributed by atoms with Gasteiger partial charge in [-0.05, 0) is 50.1 Å². The standard InChI is InChI=1S/C22H28N4O3/c1-2-8-25-9-11-26(12-10-25)20-14-18(22(28)29)17-13-16(6-7-19(17)24-20)23-21(27)15-4-3-5-15/h6-7,13-15H,2-5,8-12H2,1H3,(H,23,27)(H,28,29). The molecule has 1 aromatic heterocycles. The Morgan fingerprint density at radius 1 is 1.17 bits per heavy atom. The summed E-state index contributed by atoms with van der Waals surface area (Å²) in [6.45, 7) is 6.87. The molecule has 0 unspecified atom stereocenters. The van der Waals surface area contributed by atoms with Gasteiger partial charge in [-0.2, -0.15) is 0 Å². The van der Waals surface area contributed by atoms with Gasteiger partial charge in [0, 0.05) is 43.2 Å². The Morgan fingerprint density at radius 3 is 2.55 bits per heavy atom. The van der Waals surface area contributed by atoms with Gasteiger partial charge in [0.2, 0.25) is 5.91 Å². The number of fused-ring (bicyclic) bond motifs is 1. The third-order valence-corrected chi connectivity index (χ3v) is 6.01. The van der Waals surface area contributed by atoms with Crippen LogP contribution in [0.2, 0.25) is 0 Å². The van der Waals surface area contributed by atoms with Crippen molar-refractivity contribution in [1.29, 1.82) is 0 Å². The van der Waals surface area contributed by atoms with Gasteiger partial charge in [0.25, 0.3) is 0 Å². The number of aromatic nitrogens is 1. The second kappa shape index (κ2) is 8.37. The van der Waals surface area contributed by atoms with Crippen molar-refractivity contribution in [3.05, 3.63) is 29.8 Å². The van der Waals surface area contributed by atoms with Crippen molar-refractivity contribution < 1.29 is 14.7 Å². The van der Waals surface area contributed by atoms with Crippen LogP contribution in [0.3, 0.4) is 0 Å². The fraction of sp³-hybridized carbons (Fsp3) is 0.500. The maximum atomic E-state index is 12.2. The van der Waals surface area contributed by atoms with Crippen LogP contribution >= 0.6 is 0 Å². The number of pyridine rings is 1. The largest absolute Gasteiger partial charge is 0.478 e. The van der Waals surface area contributed by atoms with Gasteiger partial charge in [0.15, 0.2) is 0 Å². The Kier molecular flexibility index (Phi) is 5.67. The van der Waals surface area contributed by atoms with Crippen molar-refractivity contribution in [2.24, 2.45) is 5.92 Å². The first kappa shape index (κ1) is 19.6. The van der Waals surface area contributed by atoms with Gasteiger partial charge in [0.05, 0.1) is 11.1 Å². The monoisotopic (exact) mass is 396 g/mol. The fourth-order valence-electron chi connectivity index (χ4n) is 4.06. The van der Waals surface area contributed by atoms with E-state index in [0.717, 1.165) is 58.4 Å². The summed E-state index contributed by atoms with van der Waals surface area (Å²) < 4.78 is 0. The molecule has 2 N–H and O–H groups in total. The van der Waals surface area contributed by atoms with Crippen LogP contribution in [0.5, 0.6) is 0 Å². The predicted molar refractivity (Wildman–Crippen MR) is 114 cm³/mol. The zero-order chi connectivity index (χ0) is 20.4.